The number of rotatable bonds is 9. The summed E-state index contributed by atoms with van der Waals surface area (Å²) in [4.78, 5) is 20.0. The van der Waals surface area contributed by atoms with Gasteiger partial charge in [-0.3, -0.25) is 4.79 Å². The Labute approximate surface area is 182 Å². The SMILES string of the molecule is CC(C)(C)c1cc(OCc2ccccc2)nc(-c2ccc(OCCCC(=O)O)cc2)n1. The van der Waals surface area contributed by atoms with Gasteiger partial charge in [0.05, 0.1) is 12.3 Å². The summed E-state index contributed by atoms with van der Waals surface area (Å²) in [5, 5.41) is 8.70. The summed E-state index contributed by atoms with van der Waals surface area (Å²) in [6, 6.07) is 19.3. The first-order valence-electron chi connectivity index (χ1n) is 10.3. The number of aliphatic carboxylic acids is 1. The van der Waals surface area contributed by atoms with Gasteiger partial charge in [0.2, 0.25) is 5.88 Å². The lowest BCUT2D eigenvalue weighted by molar-refractivity contribution is -0.137. The molecule has 1 heterocycles. The third-order valence-corrected chi connectivity index (χ3v) is 4.62. The number of aromatic nitrogens is 2. The first-order chi connectivity index (χ1) is 14.8. The second kappa shape index (κ2) is 10.1. The topological polar surface area (TPSA) is 81.5 Å². The quantitative estimate of drug-likeness (QED) is 0.475. The largest absolute Gasteiger partial charge is 0.494 e. The van der Waals surface area contributed by atoms with E-state index in [1.807, 2.05) is 60.7 Å². The Morgan fingerprint density at radius 3 is 2.32 bits per heavy atom. The van der Waals surface area contributed by atoms with Crippen molar-refractivity contribution in [3.05, 3.63) is 71.9 Å². The molecule has 0 saturated carbocycles. The highest BCUT2D eigenvalue weighted by atomic mass is 16.5. The van der Waals surface area contributed by atoms with Crippen molar-refractivity contribution in [3.63, 3.8) is 0 Å². The molecule has 6 nitrogen and oxygen atoms in total. The van der Waals surface area contributed by atoms with Gasteiger partial charge in [0.1, 0.15) is 12.4 Å². The lowest BCUT2D eigenvalue weighted by Gasteiger charge is -2.19. The van der Waals surface area contributed by atoms with Crippen molar-refractivity contribution in [1.82, 2.24) is 9.97 Å². The van der Waals surface area contributed by atoms with Crippen molar-refractivity contribution in [1.29, 1.82) is 0 Å². The Hall–Kier alpha value is -3.41. The molecule has 3 rings (SSSR count). The van der Waals surface area contributed by atoms with E-state index in [9.17, 15) is 4.79 Å². The highest BCUT2D eigenvalue weighted by Crippen LogP contribution is 2.28. The first-order valence-corrected chi connectivity index (χ1v) is 10.3. The fraction of sp³-hybridized carbons (Fsp3) is 0.320. The molecule has 6 heteroatoms. The molecule has 0 saturated heterocycles. The molecule has 0 unspecified atom stereocenters. The molecule has 0 bridgehead atoms. The van der Waals surface area contributed by atoms with Gasteiger partial charge < -0.3 is 14.6 Å². The van der Waals surface area contributed by atoms with E-state index in [1.54, 1.807) is 0 Å². The summed E-state index contributed by atoms with van der Waals surface area (Å²) in [6.45, 7) is 7.11. The summed E-state index contributed by atoms with van der Waals surface area (Å²) in [6.07, 6.45) is 0.563. The van der Waals surface area contributed by atoms with Crippen LogP contribution in [-0.4, -0.2) is 27.7 Å². The van der Waals surface area contributed by atoms with Crippen LogP contribution in [0.3, 0.4) is 0 Å². The predicted molar refractivity (Wildman–Crippen MR) is 119 cm³/mol. The minimum Gasteiger partial charge on any atom is -0.494 e. The van der Waals surface area contributed by atoms with Gasteiger partial charge in [0.15, 0.2) is 5.82 Å². The molecule has 0 fully saturated rings. The van der Waals surface area contributed by atoms with Crippen molar-refractivity contribution < 1.29 is 19.4 Å². The number of ether oxygens (including phenoxy) is 2. The van der Waals surface area contributed by atoms with Crippen molar-refractivity contribution in [2.24, 2.45) is 0 Å². The van der Waals surface area contributed by atoms with E-state index < -0.39 is 5.97 Å². The van der Waals surface area contributed by atoms with E-state index in [4.69, 9.17) is 19.6 Å². The van der Waals surface area contributed by atoms with Crippen LogP contribution in [0.5, 0.6) is 11.6 Å². The van der Waals surface area contributed by atoms with Gasteiger partial charge in [-0.15, -0.1) is 0 Å². The van der Waals surface area contributed by atoms with Crippen molar-refractivity contribution >= 4 is 5.97 Å². The molecule has 31 heavy (non-hydrogen) atoms. The van der Waals surface area contributed by atoms with Gasteiger partial charge in [-0.2, -0.15) is 4.98 Å². The Bertz CT molecular complexity index is 996. The van der Waals surface area contributed by atoms with Crippen LogP contribution in [0.15, 0.2) is 60.7 Å². The molecular formula is C25H28N2O4. The Kier molecular flexibility index (Phi) is 7.23. The van der Waals surface area contributed by atoms with Gasteiger partial charge >= 0.3 is 5.97 Å². The normalized spacial score (nSPS) is 11.2. The molecule has 0 aliphatic carbocycles. The highest BCUT2D eigenvalue weighted by Gasteiger charge is 2.19. The van der Waals surface area contributed by atoms with Gasteiger partial charge in [0.25, 0.3) is 0 Å². The second-order valence-corrected chi connectivity index (χ2v) is 8.31. The molecule has 0 amide bonds. The number of carboxylic acids is 1. The Balaban J connectivity index is 1.76. The molecule has 0 spiro atoms. The predicted octanol–water partition coefficient (Wildman–Crippen LogP) is 5.26. The Morgan fingerprint density at radius 2 is 1.68 bits per heavy atom. The number of nitrogens with zero attached hydrogens (tertiary/aromatic N) is 2. The number of hydrogen-bond acceptors (Lipinski definition) is 5. The Morgan fingerprint density at radius 1 is 0.968 bits per heavy atom. The number of benzene rings is 2. The zero-order chi connectivity index (χ0) is 22.3. The maximum absolute atomic E-state index is 10.6. The zero-order valence-corrected chi connectivity index (χ0v) is 18.2. The molecule has 3 aromatic rings. The third kappa shape index (κ3) is 6.81. The van der Waals surface area contributed by atoms with Gasteiger partial charge in [-0.05, 0) is 36.2 Å². The van der Waals surface area contributed by atoms with Gasteiger partial charge in [0, 0.05) is 23.5 Å². The number of carboxylic acid groups (broad SMARTS) is 1. The van der Waals surface area contributed by atoms with E-state index in [1.165, 1.54) is 0 Å². The van der Waals surface area contributed by atoms with Gasteiger partial charge in [-0.25, -0.2) is 4.98 Å². The summed E-state index contributed by atoms with van der Waals surface area (Å²) < 4.78 is 11.6. The highest BCUT2D eigenvalue weighted by molar-refractivity contribution is 5.66. The summed E-state index contributed by atoms with van der Waals surface area (Å²) >= 11 is 0. The molecular weight excluding hydrogens is 392 g/mol. The molecule has 1 N–H and O–H groups in total. The fourth-order valence-corrected chi connectivity index (χ4v) is 2.86. The number of carbonyl (C=O) groups is 1. The monoisotopic (exact) mass is 420 g/mol. The fourth-order valence-electron chi connectivity index (χ4n) is 2.86. The van der Waals surface area contributed by atoms with Crippen molar-refractivity contribution in [3.8, 4) is 23.0 Å². The molecule has 0 atom stereocenters. The smallest absolute Gasteiger partial charge is 0.303 e. The maximum atomic E-state index is 10.6. The van der Waals surface area contributed by atoms with E-state index in [0.29, 0.717) is 37.1 Å². The van der Waals surface area contributed by atoms with E-state index >= 15 is 0 Å². The zero-order valence-electron chi connectivity index (χ0n) is 18.2. The maximum Gasteiger partial charge on any atom is 0.303 e. The average Bonchev–Trinajstić information content (AvgIpc) is 2.75. The minimum atomic E-state index is -0.819. The van der Waals surface area contributed by atoms with Crippen LogP contribution in [0.2, 0.25) is 0 Å². The van der Waals surface area contributed by atoms with Crippen LogP contribution in [0.1, 0.15) is 44.9 Å². The van der Waals surface area contributed by atoms with Crippen LogP contribution in [0.4, 0.5) is 0 Å². The first kappa shape index (κ1) is 22.3. The summed E-state index contributed by atoms with van der Waals surface area (Å²) in [7, 11) is 0. The molecule has 162 valence electrons. The molecule has 1 aromatic heterocycles. The molecule has 0 radical (unpaired) electrons. The summed E-state index contributed by atoms with van der Waals surface area (Å²) in [5.41, 5.74) is 2.67. The van der Waals surface area contributed by atoms with Crippen LogP contribution in [0, 0.1) is 0 Å². The van der Waals surface area contributed by atoms with Crippen LogP contribution in [-0.2, 0) is 16.8 Å². The second-order valence-electron chi connectivity index (χ2n) is 8.31. The third-order valence-electron chi connectivity index (χ3n) is 4.62. The lowest BCUT2D eigenvalue weighted by Crippen LogP contribution is -2.15. The molecule has 0 aliphatic heterocycles. The molecule has 0 aliphatic rings. The standard InChI is InChI=1S/C25H28N2O4/c1-25(2,3)21-16-22(31-17-18-8-5-4-6-9-18)27-24(26-21)19-11-13-20(14-12-19)30-15-7-10-23(28)29/h4-6,8-9,11-14,16H,7,10,15,17H2,1-3H3,(H,28,29). The summed E-state index contributed by atoms with van der Waals surface area (Å²) in [5.74, 6) is 0.988. The van der Waals surface area contributed by atoms with Crippen LogP contribution >= 0.6 is 0 Å². The lowest BCUT2D eigenvalue weighted by atomic mass is 9.92. The number of hydrogen-bond donors (Lipinski definition) is 1. The van der Waals surface area contributed by atoms with E-state index in [2.05, 4.69) is 25.8 Å². The minimum absolute atomic E-state index is 0.0945. The van der Waals surface area contributed by atoms with Crippen molar-refractivity contribution in [2.45, 2.75) is 45.6 Å². The van der Waals surface area contributed by atoms with Crippen LogP contribution in [0.25, 0.3) is 11.4 Å². The average molecular weight is 421 g/mol. The van der Waals surface area contributed by atoms with Crippen molar-refractivity contribution in [2.75, 3.05) is 6.61 Å². The van der Waals surface area contributed by atoms with E-state index in [-0.39, 0.29) is 11.8 Å². The van der Waals surface area contributed by atoms with E-state index in [0.717, 1.165) is 16.8 Å². The van der Waals surface area contributed by atoms with Crippen LogP contribution < -0.4 is 9.47 Å². The molecule has 2 aromatic carbocycles. The van der Waals surface area contributed by atoms with Gasteiger partial charge in [-0.1, -0.05) is 51.1 Å².